The molecule has 1 aromatic carbocycles. The fraction of sp³-hybridized carbons (Fsp3) is 0.579. The van der Waals surface area contributed by atoms with Gasteiger partial charge < -0.3 is 19.1 Å². The van der Waals surface area contributed by atoms with Crippen molar-refractivity contribution in [3.63, 3.8) is 0 Å². The second-order valence-corrected chi connectivity index (χ2v) is 7.25. The number of methoxy groups -OCH3 is 2. The zero-order valence-corrected chi connectivity index (χ0v) is 16.4. The van der Waals surface area contributed by atoms with Gasteiger partial charge in [0.25, 0.3) is 0 Å². The highest BCUT2D eigenvalue weighted by molar-refractivity contribution is 5.80. The van der Waals surface area contributed by atoms with E-state index in [1.165, 1.54) is 16.6 Å². The van der Waals surface area contributed by atoms with Crippen LogP contribution in [0, 0.1) is 0 Å². The Morgan fingerprint density at radius 3 is 2.57 bits per heavy atom. The molecule has 3 heterocycles. The normalized spacial score (nSPS) is 19.2. The number of piperidine rings is 1. The number of carbonyl (C=O) groups is 1. The van der Waals surface area contributed by atoms with Crippen molar-refractivity contribution in [1.82, 2.24) is 25.1 Å². The fourth-order valence-corrected chi connectivity index (χ4v) is 4.21. The van der Waals surface area contributed by atoms with E-state index in [9.17, 15) is 4.79 Å². The van der Waals surface area contributed by atoms with Crippen LogP contribution >= 0.6 is 0 Å². The average molecular weight is 387 g/mol. The highest BCUT2D eigenvalue weighted by atomic mass is 16.5. The topological polar surface area (TPSA) is 91.6 Å². The SMILES string of the molecule is COc1cc2c(cc1OC)C1(CCN(C(=O)[C@H](C)n3cnnn3)CC1)OCC2. The number of likely N-dealkylation sites (tertiary alicyclic amines) is 1. The highest BCUT2D eigenvalue weighted by Crippen LogP contribution is 2.45. The molecule has 0 unspecified atom stereocenters. The molecule has 1 fully saturated rings. The van der Waals surface area contributed by atoms with E-state index >= 15 is 0 Å². The minimum Gasteiger partial charge on any atom is -0.493 e. The van der Waals surface area contributed by atoms with E-state index in [1.807, 2.05) is 17.9 Å². The molecule has 4 rings (SSSR count). The van der Waals surface area contributed by atoms with Gasteiger partial charge in [0.05, 0.1) is 26.4 Å². The van der Waals surface area contributed by atoms with Crippen LogP contribution in [0.15, 0.2) is 18.5 Å². The number of hydrogen-bond acceptors (Lipinski definition) is 7. The van der Waals surface area contributed by atoms with Crippen molar-refractivity contribution in [1.29, 1.82) is 0 Å². The van der Waals surface area contributed by atoms with Crippen LogP contribution in [0.1, 0.15) is 36.9 Å². The number of aromatic nitrogens is 4. The third-order valence-corrected chi connectivity index (χ3v) is 5.85. The van der Waals surface area contributed by atoms with Crippen LogP contribution in [0.5, 0.6) is 11.5 Å². The van der Waals surface area contributed by atoms with Gasteiger partial charge in [0.15, 0.2) is 11.5 Å². The van der Waals surface area contributed by atoms with E-state index in [4.69, 9.17) is 14.2 Å². The molecule has 150 valence electrons. The third kappa shape index (κ3) is 3.09. The predicted molar refractivity (Wildman–Crippen MR) is 99.2 cm³/mol. The smallest absolute Gasteiger partial charge is 0.247 e. The number of rotatable bonds is 4. The van der Waals surface area contributed by atoms with Gasteiger partial charge in [-0.25, -0.2) is 4.68 Å². The lowest BCUT2D eigenvalue weighted by Gasteiger charge is -2.45. The van der Waals surface area contributed by atoms with Crippen LogP contribution in [0.25, 0.3) is 0 Å². The molecular formula is C19H25N5O4. The molecule has 1 spiro atoms. The Labute approximate surface area is 163 Å². The Balaban J connectivity index is 1.54. The fourth-order valence-electron chi connectivity index (χ4n) is 4.21. The van der Waals surface area contributed by atoms with Crippen molar-refractivity contribution in [3.05, 3.63) is 29.6 Å². The van der Waals surface area contributed by atoms with Crippen LogP contribution < -0.4 is 9.47 Å². The van der Waals surface area contributed by atoms with Crippen molar-refractivity contribution in [2.75, 3.05) is 33.9 Å². The number of hydrogen-bond donors (Lipinski definition) is 0. The molecule has 0 bridgehead atoms. The highest BCUT2D eigenvalue weighted by Gasteiger charge is 2.43. The summed E-state index contributed by atoms with van der Waals surface area (Å²) in [5.74, 6) is 1.46. The van der Waals surface area contributed by atoms with Gasteiger partial charge in [-0.15, -0.1) is 5.10 Å². The molecule has 1 amide bonds. The molecule has 2 aromatic rings. The average Bonchev–Trinajstić information content (AvgIpc) is 3.27. The van der Waals surface area contributed by atoms with Crippen LogP contribution in [0.2, 0.25) is 0 Å². The zero-order chi connectivity index (χ0) is 19.7. The Kier molecular flexibility index (Phi) is 4.92. The Bertz CT molecular complexity index is 846. The number of carbonyl (C=O) groups excluding carboxylic acids is 1. The van der Waals surface area contributed by atoms with Crippen LogP contribution in [-0.2, 0) is 21.6 Å². The number of nitrogens with zero attached hydrogens (tertiary/aromatic N) is 5. The van der Waals surface area contributed by atoms with Gasteiger partial charge >= 0.3 is 0 Å². The summed E-state index contributed by atoms with van der Waals surface area (Å²) in [6.07, 6.45) is 3.79. The second-order valence-electron chi connectivity index (χ2n) is 7.25. The molecule has 0 saturated carbocycles. The first kappa shape index (κ1) is 18.7. The lowest BCUT2D eigenvalue weighted by molar-refractivity contribution is -0.143. The van der Waals surface area contributed by atoms with Crippen molar-refractivity contribution in [3.8, 4) is 11.5 Å². The van der Waals surface area contributed by atoms with Gasteiger partial charge in [0.1, 0.15) is 12.4 Å². The summed E-state index contributed by atoms with van der Waals surface area (Å²) in [4.78, 5) is 14.7. The molecule has 0 radical (unpaired) electrons. The number of amides is 1. The van der Waals surface area contributed by atoms with Gasteiger partial charge in [-0.05, 0) is 59.9 Å². The Morgan fingerprint density at radius 1 is 1.21 bits per heavy atom. The maximum Gasteiger partial charge on any atom is 0.247 e. The first-order valence-corrected chi connectivity index (χ1v) is 9.48. The van der Waals surface area contributed by atoms with Crippen LogP contribution in [0.3, 0.4) is 0 Å². The molecule has 0 aliphatic carbocycles. The molecule has 1 atom stereocenters. The van der Waals surface area contributed by atoms with Gasteiger partial charge in [0.2, 0.25) is 5.91 Å². The number of ether oxygens (including phenoxy) is 3. The van der Waals surface area contributed by atoms with Crippen molar-refractivity contribution >= 4 is 5.91 Å². The standard InChI is InChI=1S/C19H25N5O4/c1-13(24-12-20-21-22-24)18(25)23-7-5-19(6-8-23)15-11-17(27-3)16(26-2)10-14(15)4-9-28-19/h10-13H,4-9H2,1-3H3/t13-/m0/s1. The van der Waals surface area contributed by atoms with Crippen LogP contribution in [-0.4, -0.2) is 64.9 Å². The molecule has 1 aromatic heterocycles. The number of tetrazole rings is 1. The van der Waals surface area contributed by atoms with Gasteiger partial charge in [0, 0.05) is 13.1 Å². The van der Waals surface area contributed by atoms with E-state index < -0.39 is 6.04 Å². The largest absolute Gasteiger partial charge is 0.493 e. The molecule has 0 N–H and O–H groups in total. The first-order valence-electron chi connectivity index (χ1n) is 9.48. The maximum absolute atomic E-state index is 12.8. The first-order chi connectivity index (χ1) is 13.6. The van der Waals surface area contributed by atoms with Gasteiger partial charge in [-0.1, -0.05) is 0 Å². The van der Waals surface area contributed by atoms with Crippen molar-refractivity contribution in [2.45, 2.75) is 37.8 Å². The summed E-state index contributed by atoms with van der Waals surface area (Å²) < 4.78 is 18.7. The minimum absolute atomic E-state index is 0.0190. The lowest BCUT2D eigenvalue weighted by Crippen LogP contribution is -2.49. The summed E-state index contributed by atoms with van der Waals surface area (Å²) in [6.45, 7) is 3.72. The number of benzene rings is 1. The second kappa shape index (κ2) is 7.38. The van der Waals surface area contributed by atoms with E-state index in [0.717, 1.165) is 30.6 Å². The Hall–Kier alpha value is -2.68. The minimum atomic E-state index is -0.423. The molecule has 2 aliphatic heterocycles. The van der Waals surface area contributed by atoms with Crippen molar-refractivity contribution < 1.29 is 19.0 Å². The molecular weight excluding hydrogens is 362 g/mol. The van der Waals surface area contributed by atoms with Crippen molar-refractivity contribution in [2.24, 2.45) is 0 Å². The van der Waals surface area contributed by atoms with E-state index in [0.29, 0.717) is 25.4 Å². The summed E-state index contributed by atoms with van der Waals surface area (Å²) in [7, 11) is 3.29. The van der Waals surface area contributed by atoms with E-state index in [2.05, 4.69) is 21.6 Å². The Morgan fingerprint density at radius 2 is 1.93 bits per heavy atom. The monoisotopic (exact) mass is 387 g/mol. The summed E-state index contributed by atoms with van der Waals surface area (Å²) in [5, 5.41) is 11.1. The quantitative estimate of drug-likeness (QED) is 0.782. The maximum atomic E-state index is 12.8. The summed E-state index contributed by atoms with van der Waals surface area (Å²) in [5.41, 5.74) is 1.99. The lowest BCUT2D eigenvalue weighted by atomic mass is 9.79. The molecule has 2 aliphatic rings. The van der Waals surface area contributed by atoms with E-state index in [1.54, 1.807) is 14.2 Å². The molecule has 1 saturated heterocycles. The van der Waals surface area contributed by atoms with E-state index in [-0.39, 0.29) is 11.5 Å². The molecule has 28 heavy (non-hydrogen) atoms. The van der Waals surface area contributed by atoms with Crippen LogP contribution in [0.4, 0.5) is 0 Å². The predicted octanol–water partition coefficient (Wildman–Crippen LogP) is 1.34. The number of fused-ring (bicyclic) bond motifs is 2. The molecule has 9 nitrogen and oxygen atoms in total. The van der Waals surface area contributed by atoms with Gasteiger partial charge in [-0.3, -0.25) is 4.79 Å². The summed E-state index contributed by atoms with van der Waals surface area (Å²) >= 11 is 0. The zero-order valence-electron chi connectivity index (χ0n) is 16.4. The molecule has 9 heteroatoms. The van der Waals surface area contributed by atoms with Gasteiger partial charge in [-0.2, -0.15) is 0 Å². The summed E-state index contributed by atoms with van der Waals surface area (Å²) in [6, 6.07) is 3.66. The third-order valence-electron chi connectivity index (χ3n) is 5.85.